The molecule has 0 fully saturated rings. The fraction of sp³-hybridized carbons (Fsp3) is 0.409. The van der Waals surface area contributed by atoms with Crippen molar-refractivity contribution in [2.45, 2.75) is 44.7 Å². The molecule has 0 spiro atoms. The van der Waals surface area contributed by atoms with Gasteiger partial charge in [-0.25, -0.2) is 8.42 Å². The predicted octanol–water partition coefficient (Wildman–Crippen LogP) is 4.27. The van der Waals surface area contributed by atoms with E-state index < -0.39 is 15.9 Å². The molecule has 0 bridgehead atoms. The number of hydrogen-bond donors (Lipinski definition) is 1. The highest BCUT2D eigenvalue weighted by atomic mass is 35.5. The van der Waals surface area contributed by atoms with E-state index in [1.807, 2.05) is 19.9 Å². The van der Waals surface area contributed by atoms with E-state index >= 15 is 0 Å². The van der Waals surface area contributed by atoms with Gasteiger partial charge in [-0.2, -0.15) is 4.31 Å². The molecule has 0 radical (unpaired) electrons. The number of halogens is 1. The fourth-order valence-electron chi connectivity index (χ4n) is 2.87. The largest absolute Gasteiger partial charge is 0.493 e. The van der Waals surface area contributed by atoms with E-state index in [0.29, 0.717) is 18.1 Å². The Balaban J connectivity index is 2.30. The second-order valence-electron chi connectivity index (χ2n) is 7.30. The van der Waals surface area contributed by atoms with Crippen LogP contribution in [0.3, 0.4) is 0 Å². The minimum atomic E-state index is -3.75. The highest BCUT2D eigenvalue weighted by Crippen LogP contribution is 2.31. The van der Waals surface area contributed by atoms with Gasteiger partial charge in [0, 0.05) is 13.1 Å². The number of amides is 1. The third-order valence-electron chi connectivity index (χ3n) is 4.92. The summed E-state index contributed by atoms with van der Waals surface area (Å²) in [6, 6.07) is 8.91. The van der Waals surface area contributed by atoms with Crippen LogP contribution in [0.2, 0.25) is 5.02 Å². The summed E-state index contributed by atoms with van der Waals surface area (Å²) in [6.07, 6.45) is 0. The maximum atomic E-state index is 12.9. The quantitative estimate of drug-likeness (QED) is 0.594. The van der Waals surface area contributed by atoms with Crippen LogP contribution in [0.15, 0.2) is 41.3 Å². The first-order valence-electron chi connectivity index (χ1n) is 9.92. The Morgan fingerprint density at radius 3 is 2.39 bits per heavy atom. The Bertz CT molecular complexity index is 1040. The van der Waals surface area contributed by atoms with E-state index in [4.69, 9.17) is 21.1 Å². The minimum absolute atomic E-state index is 0.00800. The van der Waals surface area contributed by atoms with Crippen LogP contribution in [0.1, 0.15) is 49.7 Å². The highest BCUT2D eigenvalue weighted by molar-refractivity contribution is 7.89. The summed E-state index contributed by atoms with van der Waals surface area (Å²) >= 11 is 6.21. The normalized spacial score (nSPS) is 12.7. The second kappa shape index (κ2) is 10.3. The molecule has 2 aromatic rings. The third-order valence-corrected chi connectivity index (χ3v) is 7.28. The van der Waals surface area contributed by atoms with Gasteiger partial charge >= 0.3 is 0 Å². The van der Waals surface area contributed by atoms with E-state index in [9.17, 15) is 13.2 Å². The molecule has 7 nitrogen and oxygen atoms in total. The van der Waals surface area contributed by atoms with Gasteiger partial charge in [0.05, 0.1) is 35.2 Å². The van der Waals surface area contributed by atoms with Gasteiger partial charge in [-0.3, -0.25) is 4.79 Å². The number of rotatable bonds is 9. The van der Waals surface area contributed by atoms with E-state index in [1.54, 1.807) is 33.1 Å². The van der Waals surface area contributed by atoms with E-state index in [0.717, 1.165) is 5.56 Å². The molecule has 1 N–H and O–H groups in total. The molecule has 1 unspecified atom stereocenters. The first-order chi connectivity index (χ1) is 14.5. The molecule has 2 rings (SSSR count). The smallest absolute Gasteiger partial charge is 0.253 e. The Labute approximate surface area is 189 Å². The Kier molecular flexibility index (Phi) is 8.34. The standard InChI is InChI=1S/C22H29ClN2O5S/c1-7-30-20-11-8-16(12-21(20)29-6)15(4)24-22(26)18-13-17(9-10-19(18)23)31(27,28)25(5)14(2)3/h8-15H,7H2,1-6H3,(H,24,26). The van der Waals surface area contributed by atoms with E-state index in [1.165, 1.54) is 29.6 Å². The van der Waals surface area contributed by atoms with Crippen LogP contribution in [0.5, 0.6) is 11.5 Å². The van der Waals surface area contributed by atoms with Crippen molar-refractivity contribution in [1.29, 1.82) is 0 Å². The summed E-state index contributed by atoms with van der Waals surface area (Å²) < 4.78 is 37.7. The van der Waals surface area contributed by atoms with Crippen molar-refractivity contribution >= 4 is 27.5 Å². The van der Waals surface area contributed by atoms with Crippen molar-refractivity contribution in [3.8, 4) is 11.5 Å². The lowest BCUT2D eigenvalue weighted by atomic mass is 10.1. The molecule has 0 saturated carbocycles. The molecule has 0 aromatic heterocycles. The molecule has 1 atom stereocenters. The summed E-state index contributed by atoms with van der Waals surface area (Å²) in [4.78, 5) is 12.9. The summed E-state index contributed by atoms with van der Waals surface area (Å²) in [6.45, 7) is 7.74. The van der Waals surface area contributed by atoms with Gasteiger partial charge in [0.25, 0.3) is 5.91 Å². The molecule has 9 heteroatoms. The average Bonchev–Trinajstić information content (AvgIpc) is 2.73. The Morgan fingerprint density at radius 1 is 1.13 bits per heavy atom. The molecular weight excluding hydrogens is 440 g/mol. The van der Waals surface area contributed by atoms with Crippen molar-refractivity contribution in [3.63, 3.8) is 0 Å². The van der Waals surface area contributed by atoms with Crippen LogP contribution in [0, 0.1) is 0 Å². The number of carbonyl (C=O) groups excluding carboxylic acids is 1. The third kappa shape index (κ3) is 5.70. The number of nitrogens with one attached hydrogen (secondary N) is 1. The van der Waals surface area contributed by atoms with Crippen LogP contribution in [0.4, 0.5) is 0 Å². The first kappa shape index (κ1) is 25.0. The van der Waals surface area contributed by atoms with Gasteiger partial charge in [0.1, 0.15) is 0 Å². The summed E-state index contributed by atoms with van der Waals surface area (Å²) in [5, 5.41) is 3.03. The average molecular weight is 469 g/mol. The van der Waals surface area contributed by atoms with Gasteiger partial charge in [-0.05, 0) is 63.6 Å². The highest BCUT2D eigenvalue weighted by Gasteiger charge is 2.25. The molecule has 0 aliphatic heterocycles. The van der Waals surface area contributed by atoms with Gasteiger partial charge in [0.15, 0.2) is 11.5 Å². The number of hydrogen-bond acceptors (Lipinski definition) is 5. The lowest BCUT2D eigenvalue weighted by Crippen LogP contribution is -2.33. The Morgan fingerprint density at radius 2 is 1.81 bits per heavy atom. The number of nitrogens with zero attached hydrogens (tertiary/aromatic N) is 1. The summed E-state index contributed by atoms with van der Waals surface area (Å²) in [5.41, 5.74) is 0.887. The van der Waals surface area contributed by atoms with Crippen molar-refractivity contribution < 1.29 is 22.7 Å². The monoisotopic (exact) mass is 468 g/mol. The number of benzene rings is 2. The molecular formula is C22H29ClN2O5S. The molecule has 0 saturated heterocycles. The molecule has 31 heavy (non-hydrogen) atoms. The number of sulfonamides is 1. The molecule has 1 amide bonds. The molecule has 170 valence electrons. The topological polar surface area (TPSA) is 84.9 Å². The zero-order valence-electron chi connectivity index (χ0n) is 18.6. The van der Waals surface area contributed by atoms with Crippen LogP contribution >= 0.6 is 11.6 Å². The SMILES string of the molecule is CCOc1ccc(C(C)NC(=O)c2cc(S(=O)(=O)N(C)C(C)C)ccc2Cl)cc1OC. The van der Waals surface area contributed by atoms with Crippen LogP contribution in [0.25, 0.3) is 0 Å². The number of methoxy groups -OCH3 is 1. The lowest BCUT2D eigenvalue weighted by molar-refractivity contribution is 0.0939. The van der Waals surface area contributed by atoms with Gasteiger partial charge in [0.2, 0.25) is 10.0 Å². The van der Waals surface area contributed by atoms with Crippen LogP contribution < -0.4 is 14.8 Å². The predicted molar refractivity (Wildman–Crippen MR) is 122 cm³/mol. The van der Waals surface area contributed by atoms with Crippen molar-refractivity contribution in [2.24, 2.45) is 0 Å². The van der Waals surface area contributed by atoms with Gasteiger partial charge < -0.3 is 14.8 Å². The van der Waals surface area contributed by atoms with Gasteiger partial charge in [-0.15, -0.1) is 0 Å². The second-order valence-corrected chi connectivity index (χ2v) is 9.70. The molecule has 0 aliphatic rings. The molecule has 0 heterocycles. The number of ether oxygens (including phenoxy) is 2. The maximum absolute atomic E-state index is 12.9. The minimum Gasteiger partial charge on any atom is -0.493 e. The number of carbonyl (C=O) groups is 1. The van der Waals surface area contributed by atoms with E-state index in [2.05, 4.69) is 5.32 Å². The van der Waals surface area contributed by atoms with Gasteiger partial charge in [-0.1, -0.05) is 17.7 Å². The van der Waals surface area contributed by atoms with Crippen LogP contribution in [-0.2, 0) is 10.0 Å². The van der Waals surface area contributed by atoms with Crippen molar-refractivity contribution in [1.82, 2.24) is 9.62 Å². The zero-order chi connectivity index (χ0) is 23.3. The maximum Gasteiger partial charge on any atom is 0.253 e. The zero-order valence-corrected chi connectivity index (χ0v) is 20.2. The van der Waals surface area contributed by atoms with Crippen molar-refractivity contribution in [3.05, 3.63) is 52.5 Å². The molecule has 0 aliphatic carbocycles. The summed E-state index contributed by atoms with van der Waals surface area (Å²) in [7, 11) is -0.705. The fourth-order valence-corrected chi connectivity index (χ4v) is 4.47. The van der Waals surface area contributed by atoms with Crippen molar-refractivity contribution in [2.75, 3.05) is 20.8 Å². The van der Waals surface area contributed by atoms with Crippen LogP contribution in [-0.4, -0.2) is 45.4 Å². The first-order valence-corrected chi connectivity index (χ1v) is 11.7. The Hall–Kier alpha value is -2.29. The van der Waals surface area contributed by atoms with E-state index in [-0.39, 0.29) is 27.6 Å². The lowest BCUT2D eigenvalue weighted by Gasteiger charge is -2.21. The molecule has 2 aromatic carbocycles. The summed E-state index contributed by atoms with van der Waals surface area (Å²) in [5.74, 6) is 0.695.